The number of oxazole rings is 1. The SMILES string of the molecule is Nc1cccc2oc(Sc3ncns3)nc12. The Morgan fingerprint density at radius 3 is 3.06 bits per heavy atom. The largest absolute Gasteiger partial charge is 0.431 e. The van der Waals surface area contributed by atoms with Gasteiger partial charge in [0.2, 0.25) is 0 Å². The van der Waals surface area contributed by atoms with Crippen molar-refractivity contribution in [2.45, 2.75) is 9.56 Å². The first-order valence-corrected chi connectivity index (χ1v) is 6.01. The average Bonchev–Trinajstić information content (AvgIpc) is 2.88. The number of hydrogen-bond acceptors (Lipinski definition) is 7. The number of anilines is 1. The zero-order chi connectivity index (χ0) is 11.0. The van der Waals surface area contributed by atoms with Crippen LogP contribution in [0.1, 0.15) is 0 Å². The van der Waals surface area contributed by atoms with Crippen molar-refractivity contribution in [3.8, 4) is 0 Å². The number of hydrogen-bond donors (Lipinski definition) is 1. The summed E-state index contributed by atoms with van der Waals surface area (Å²) in [5.74, 6) is 0. The number of para-hydroxylation sites is 1. The van der Waals surface area contributed by atoms with Crippen molar-refractivity contribution >= 4 is 40.1 Å². The lowest BCUT2D eigenvalue weighted by atomic mass is 10.3. The normalized spacial score (nSPS) is 11.0. The lowest BCUT2D eigenvalue weighted by Gasteiger charge is -1.89. The Morgan fingerprint density at radius 2 is 2.31 bits per heavy atom. The highest BCUT2D eigenvalue weighted by Crippen LogP contribution is 2.31. The molecule has 5 nitrogen and oxygen atoms in total. The summed E-state index contributed by atoms with van der Waals surface area (Å²) in [6.45, 7) is 0. The van der Waals surface area contributed by atoms with Crippen molar-refractivity contribution in [3.63, 3.8) is 0 Å². The van der Waals surface area contributed by atoms with E-state index >= 15 is 0 Å². The van der Waals surface area contributed by atoms with Crippen molar-refractivity contribution < 1.29 is 4.42 Å². The molecule has 0 aliphatic heterocycles. The Bertz CT molecular complexity index is 620. The van der Waals surface area contributed by atoms with E-state index in [4.69, 9.17) is 10.2 Å². The molecule has 1 aromatic carbocycles. The quantitative estimate of drug-likeness (QED) is 0.704. The van der Waals surface area contributed by atoms with Gasteiger partial charge in [-0.3, -0.25) is 0 Å². The van der Waals surface area contributed by atoms with Gasteiger partial charge in [0.05, 0.1) is 5.69 Å². The average molecular weight is 250 g/mol. The minimum absolute atomic E-state index is 0.532. The molecule has 0 radical (unpaired) electrons. The number of nitrogen functional groups attached to an aromatic ring is 1. The van der Waals surface area contributed by atoms with Crippen molar-refractivity contribution in [3.05, 3.63) is 24.5 Å². The first-order valence-electron chi connectivity index (χ1n) is 4.42. The van der Waals surface area contributed by atoms with Crippen molar-refractivity contribution in [1.29, 1.82) is 0 Å². The van der Waals surface area contributed by atoms with E-state index in [1.165, 1.54) is 29.6 Å². The molecule has 80 valence electrons. The molecule has 16 heavy (non-hydrogen) atoms. The van der Waals surface area contributed by atoms with Crippen LogP contribution >= 0.6 is 23.3 Å². The molecule has 0 saturated heterocycles. The molecule has 3 rings (SSSR count). The lowest BCUT2D eigenvalue weighted by molar-refractivity contribution is 0.489. The topological polar surface area (TPSA) is 77.8 Å². The van der Waals surface area contributed by atoms with Gasteiger partial charge in [-0.1, -0.05) is 6.07 Å². The molecule has 0 fully saturated rings. The van der Waals surface area contributed by atoms with Gasteiger partial charge < -0.3 is 10.2 Å². The number of fused-ring (bicyclic) bond motifs is 1. The molecule has 0 saturated carbocycles. The summed E-state index contributed by atoms with van der Waals surface area (Å²) in [5, 5.41) is 0.532. The van der Waals surface area contributed by atoms with E-state index in [2.05, 4.69) is 14.3 Å². The summed E-state index contributed by atoms with van der Waals surface area (Å²) in [6.07, 6.45) is 1.50. The third kappa shape index (κ3) is 1.63. The van der Waals surface area contributed by atoms with Crippen LogP contribution in [0.4, 0.5) is 5.69 Å². The molecule has 3 aromatic rings. The van der Waals surface area contributed by atoms with E-state index in [0.29, 0.717) is 22.0 Å². The summed E-state index contributed by atoms with van der Waals surface area (Å²) in [7, 11) is 0. The van der Waals surface area contributed by atoms with E-state index in [0.717, 1.165) is 4.34 Å². The molecule has 0 spiro atoms. The Kier molecular flexibility index (Phi) is 2.26. The molecule has 7 heteroatoms. The third-order valence-corrected chi connectivity index (χ3v) is 3.51. The van der Waals surface area contributed by atoms with Crippen molar-refractivity contribution in [1.82, 2.24) is 14.3 Å². The Balaban J connectivity index is 2.02. The summed E-state index contributed by atoms with van der Waals surface area (Å²) >= 11 is 2.64. The molecule has 2 heterocycles. The van der Waals surface area contributed by atoms with Gasteiger partial charge in [0.25, 0.3) is 5.22 Å². The van der Waals surface area contributed by atoms with Gasteiger partial charge in [0.15, 0.2) is 9.92 Å². The highest BCUT2D eigenvalue weighted by molar-refractivity contribution is 8.00. The standard InChI is InChI=1S/C9H6N4OS2/c10-5-2-1-3-6-7(5)13-8(14-6)15-9-11-4-12-16-9/h1-4H,10H2. The predicted molar refractivity (Wildman–Crippen MR) is 62.5 cm³/mol. The third-order valence-electron chi connectivity index (χ3n) is 1.95. The van der Waals surface area contributed by atoms with Gasteiger partial charge in [-0.05, 0) is 23.7 Å². The Morgan fingerprint density at radius 1 is 1.38 bits per heavy atom. The fraction of sp³-hybridized carbons (Fsp3) is 0. The Labute approximate surface area is 98.9 Å². The maximum atomic E-state index is 5.79. The smallest absolute Gasteiger partial charge is 0.264 e. The monoisotopic (exact) mass is 250 g/mol. The molecule has 0 bridgehead atoms. The maximum Gasteiger partial charge on any atom is 0.264 e. The van der Waals surface area contributed by atoms with E-state index in [1.54, 1.807) is 6.07 Å². The van der Waals surface area contributed by atoms with Gasteiger partial charge in [-0.25, -0.2) is 9.97 Å². The number of rotatable bonds is 2. The summed E-state index contributed by atoms with van der Waals surface area (Å²) in [4.78, 5) is 8.34. The minimum atomic E-state index is 0.532. The van der Waals surface area contributed by atoms with Crippen LogP contribution < -0.4 is 5.73 Å². The van der Waals surface area contributed by atoms with Gasteiger partial charge >= 0.3 is 0 Å². The number of aromatic nitrogens is 3. The van der Waals surface area contributed by atoms with Crippen LogP contribution in [0.25, 0.3) is 11.1 Å². The zero-order valence-corrected chi connectivity index (χ0v) is 9.59. The molecule has 0 aliphatic rings. The molecule has 0 amide bonds. The molecule has 0 unspecified atom stereocenters. The van der Waals surface area contributed by atoms with Crippen molar-refractivity contribution in [2.75, 3.05) is 5.73 Å². The number of nitrogens with two attached hydrogens (primary N) is 1. The molecular formula is C9H6N4OS2. The minimum Gasteiger partial charge on any atom is -0.431 e. The van der Waals surface area contributed by atoms with Crippen LogP contribution in [0, 0.1) is 0 Å². The van der Waals surface area contributed by atoms with Crippen LogP contribution in [0.2, 0.25) is 0 Å². The summed E-state index contributed by atoms with van der Waals surface area (Å²) < 4.78 is 10.2. The van der Waals surface area contributed by atoms with E-state index in [9.17, 15) is 0 Å². The van der Waals surface area contributed by atoms with Gasteiger partial charge in [-0.2, -0.15) is 4.37 Å². The molecule has 0 atom stereocenters. The highest BCUT2D eigenvalue weighted by atomic mass is 32.2. The first kappa shape index (κ1) is 9.61. The second-order valence-corrected chi connectivity index (χ2v) is 4.96. The first-order chi connectivity index (χ1) is 7.83. The number of nitrogens with zero attached hydrogens (tertiary/aromatic N) is 3. The van der Waals surface area contributed by atoms with Crippen molar-refractivity contribution in [2.24, 2.45) is 0 Å². The van der Waals surface area contributed by atoms with E-state index < -0.39 is 0 Å². The van der Waals surface area contributed by atoms with Crippen LogP contribution in [0.15, 0.2) is 38.5 Å². The van der Waals surface area contributed by atoms with Crippen LogP contribution in [0.5, 0.6) is 0 Å². The van der Waals surface area contributed by atoms with Crippen LogP contribution in [0.3, 0.4) is 0 Å². The van der Waals surface area contributed by atoms with Crippen LogP contribution in [-0.2, 0) is 0 Å². The summed E-state index contributed by atoms with van der Waals surface area (Å²) in [5.41, 5.74) is 7.78. The van der Waals surface area contributed by atoms with Gasteiger partial charge in [-0.15, -0.1) is 0 Å². The van der Waals surface area contributed by atoms with E-state index in [-0.39, 0.29) is 0 Å². The number of benzene rings is 1. The fourth-order valence-corrected chi connectivity index (χ4v) is 2.56. The second-order valence-electron chi connectivity index (χ2n) is 2.98. The van der Waals surface area contributed by atoms with Gasteiger partial charge in [0, 0.05) is 11.8 Å². The molecular weight excluding hydrogens is 244 g/mol. The molecule has 2 N–H and O–H groups in total. The van der Waals surface area contributed by atoms with E-state index in [1.807, 2.05) is 12.1 Å². The second kappa shape index (κ2) is 3.76. The predicted octanol–water partition coefficient (Wildman–Crippen LogP) is 2.41. The van der Waals surface area contributed by atoms with Gasteiger partial charge in [0.1, 0.15) is 11.8 Å². The molecule has 2 aromatic heterocycles. The highest BCUT2D eigenvalue weighted by Gasteiger charge is 2.10. The Hall–Kier alpha value is -1.60. The zero-order valence-electron chi connectivity index (χ0n) is 7.95. The summed E-state index contributed by atoms with van der Waals surface area (Å²) in [6, 6.07) is 5.47. The van der Waals surface area contributed by atoms with Crippen LogP contribution in [-0.4, -0.2) is 14.3 Å². The fourth-order valence-electron chi connectivity index (χ4n) is 1.28. The maximum absolute atomic E-state index is 5.79. The lowest BCUT2D eigenvalue weighted by Crippen LogP contribution is -1.84. The molecule has 0 aliphatic carbocycles.